The van der Waals surface area contributed by atoms with Gasteiger partial charge in [0.1, 0.15) is 0 Å². The van der Waals surface area contributed by atoms with Gasteiger partial charge in [0.15, 0.2) is 5.78 Å². The van der Waals surface area contributed by atoms with Crippen molar-refractivity contribution in [1.29, 1.82) is 0 Å². The molecule has 2 aliphatic rings. The number of fused-ring (bicyclic) bond motifs is 5. The number of allylic oxidation sites excluding steroid dienone is 2. The topological polar surface area (TPSA) is 32.9 Å². The van der Waals surface area contributed by atoms with E-state index >= 15 is 0 Å². The number of H-pyrrole nitrogens is 1. The van der Waals surface area contributed by atoms with Crippen LogP contribution in [0.1, 0.15) is 49.8 Å². The minimum atomic E-state index is 0.193. The van der Waals surface area contributed by atoms with Gasteiger partial charge in [0.05, 0.1) is 0 Å². The first-order valence-corrected chi connectivity index (χ1v) is 7.92. The van der Waals surface area contributed by atoms with Gasteiger partial charge < -0.3 is 4.98 Å². The number of Topliss-reactive ketones (excluding diaryl/α,β-unsaturated/α-hetero) is 1. The van der Waals surface area contributed by atoms with E-state index in [0.29, 0.717) is 12.2 Å². The number of ketones is 1. The van der Waals surface area contributed by atoms with Crippen LogP contribution < -0.4 is 0 Å². The van der Waals surface area contributed by atoms with Crippen LogP contribution in [0.15, 0.2) is 23.9 Å². The molecule has 2 aliphatic carbocycles. The molecule has 1 heterocycles. The molecule has 2 nitrogen and oxygen atoms in total. The van der Waals surface area contributed by atoms with Crippen LogP contribution in [0.4, 0.5) is 0 Å². The molecule has 0 radical (unpaired) electrons. The van der Waals surface area contributed by atoms with Crippen molar-refractivity contribution in [2.45, 2.75) is 46.5 Å². The monoisotopic (exact) mass is 279 g/mol. The normalized spacial score (nSPS) is 24.6. The summed E-state index contributed by atoms with van der Waals surface area (Å²) in [6, 6.07) is 4.40. The van der Waals surface area contributed by atoms with Crippen LogP contribution in [0, 0.1) is 12.3 Å². The number of hydrogen-bond acceptors (Lipinski definition) is 1. The van der Waals surface area contributed by atoms with Crippen molar-refractivity contribution in [3.63, 3.8) is 0 Å². The smallest absolute Gasteiger partial charge is 0.158 e. The van der Waals surface area contributed by atoms with Crippen molar-refractivity contribution in [1.82, 2.24) is 4.98 Å². The highest BCUT2D eigenvalue weighted by Crippen LogP contribution is 2.56. The summed E-state index contributed by atoms with van der Waals surface area (Å²) in [6.45, 7) is 6.48. The maximum absolute atomic E-state index is 12.2. The van der Waals surface area contributed by atoms with Crippen molar-refractivity contribution in [2.75, 3.05) is 0 Å². The SMILES string of the molecule is CCC12CCC(=O)C(C)=C1c1ccc3[nH]cc(C)c3c1C2. The third-order valence-corrected chi connectivity index (χ3v) is 5.77. The number of carbonyl (C=O) groups is 1. The molecule has 1 aromatic carbocycles. The summed E-state index contributed by atoms with van der Waals surface area (Å²) in [6.07, 6.45) is 6.03. The Bertz CT molecular complexity index is 808. The lowest BCUT2D eigenvalue weighted by molar-refractivity contribution is -0.116. The van der Waals surface area contributed by atoms with Crippen molar-refractivity contribution >= 4 is 22.3 Å². The molecule has 0 aliphatic heterocycles. The van der Waals surface area contributed by atoms with Crippen LogP contribution in [-0.4, -0.2) is 10.8 Å². The van der Waals surface area contributed by atoms with Crippen molar-refractivity contribution < 1.29 is 4.79 Å². The molecule has 1 aromatic heterocycles. The van der Waals surface area contributed by atoms with E-state index in [2.05, 4.69) is 37.2 Å². The molecule has 0 saturated heterocycles. The van der Waals surface area contributed by atoms with Gasteiger partial charge in [-0.05, 0) is 67.0 Å². The predicted molar refractivity (Wildman–Crippen MR) is 86.3 cm³/mol. The number of hydrogen-bond donors (Lipinski definition) is 1. The lowest BCUT2D eigenvalue weighted by Crippen LogP contribution is -2.27. The molecule has 1 atom stereocenters. The van der Waals surface area contributed by atoms with Gasteiger partial charge in [-0.25, -0.2) is 0 Å². The summed E-state index contributed by atoms with van der Waals surface area (Å²) in [7, 11) is 0. The first-order valence-electron chi connectivity index (χ1n) is 7.92. The van der Waals surface area contributed by atoms with E-state index in [4.69, 9.17) is 0 Å². The lowest BCUT2D eigenvalue weighted by atomic mass is 9.68. The minimum absolute atomic E-state index is 0.193. The van der Waals surface area contributed by atoms with Crippen molar-refractivity contribution in [3.8, 4) is 0 Å². The van der Waals surface area contributed by atoms with E-state index in [1.54, 1.807) is 0 Å². The number of benzene rings is 1. The zero-order valence-corrected chi connectivity index (χ0v) is 13.0. The predicted octanol–water partition coefficient (Wildman–Crippen LogP) is 4.57. The minimum Gasteiger partial charge on any atom is -0.361 e. The summed E-state index contributed by atoms with van der Waals surface area (Å²) in [5, 5.41) is 1.38. The molecule has 2 aromatic rings. The highest BCUT2D eigenvalue weighted by atomic mass is 16.1. The van der Waals surface area contributed by atoms with Gasteiger partial charge in [-0.1, -0.05) is 13.0 Å². The molecule has 0 spiro atoms. The molecule has 0 amide bonds. The Labute approximate surface area is 125 Å². The standard InChI is InChI=1S/C19H21NO/c1-4-19-8-7-16(21)12(3)18(19)13-5-6-15-17(14(13)9-19)11(2)10-20-15/h5-6,10,20H,4,7-9H2,1-3H3. The first kappa shape index (κ1) is 12.9. The Balaban J connectivity index is 2.09. The van der Waals surface area contributed by atoms with Gasteiger partial charge in [-0.15, -0.1) is 0 Å². The Kier molecular flexibility index (Phi) is 2.51. The highest BCUT2D eigenvalue weighted by molar-refractivity contribution is 6.07. The maximum atomic E-state index is 12.2. The fourth-order valence-corrected chi connectivity index (χ4v) is 4.58. The van der Waals surface area contributed by atoms with Crippen molar-refractivity contribution in [3.05, 3.63) is 40.6 Å². The molecule has 4 rings (SSSR count). The fourth-order valence-electron chi connectivity index (χ4n) is 4.58. The van der Waals surface area contributed by atoms with Gasteiger partial charge in [0.2, 0.25) is 0 Å². The summed E-state index contributed by atoms with van der Waals surface area (Å²) in [5.74, 6) is 0.341. The maximum Gasteiger partial charge on any atom is 0.158 e. The van der Waals surface area contributed by atoms with E-state index in [1.165, 1.54) is 33.2 Å². The van der Waals surface area contributed by atoms with Crippen LogP contribution in [0.5, 0.6) is 0 Å². The summed E-state index contributed by atoms with van der Waals surface area (Å²) in [5.41, 5.74) is 7.87. The Morgan fingerprint density at radius 2 is 2.10 bits per heavy atom. The molecule has 2 heteroatoms. The van der Waals surface area contributed by atoms with Gasteiger partial charge >= 0.3 is 0 Å². The Morgan fingerprint density at radius 1 is 1.29 bits per heavy atom. The molecule has 1 unspecified atom stereocenters. The number of rotatable bonds is 1. The van der Waals surface area contributed by atoms with E-state index in [0.717, 1.165) is 24.8 Å². The van der Waals surface area contributed by atoms with E-state index in [1.807, 2.05) is 6.92 Å². The summed E-state index contributed by atoms with van der Waals surface area (Å²) < 4.78 is 0. The molecule has 0 saturated carbocycles. The molecule has 0 fully saturated rings. The summed E-state index contributed by atoms with van der Waals surface area (Å²) in [4.78, 5) is 15.6. The Hall–Kier alpha value is -1.83. The quantitative estimate of drug-likeness (QED) is 0.815. The van der Waals surface area contributed by atoms with Crippen LogP contribution >= 0.6 is 0 Å². The number of aryl methyl sites for hydroxylation is 1. The van der Waals surface area contributed by atoms with Gasteiger partial charge in [-0.3, -0.25) is 4.79 Å². The number of aromatic nitrogens is 1. The third kappa shape index (κ3) is 1.51. The second-order valence-electron chi connectivity index (χ2n) is 6.72. The van der Waals surface area contributed by atoms with E-state index in [9.17, 15) is 4.79 Å². The van der Waals surface area contributed by atoms with E-state index < -0.39 is 0 Å². The molecular weight excluding hydrogens is 258 g/mol. The Morgan fingerprint density at radius 3 is 2.86 bits per heavy atom. The largest absolute Gasteiger partial charge is 0.361 e. The van der Waals surface area contributed by atoms with Gasteiger partial charge in [0, 0.05) is 28.9 Å². The highest BCUT2D eigenvalue weighted by Gasteiger charge is 2.45. The zero-order chi connectivity index (χ0) is 14.8. The van der Waals surface area contributed by atoms with Crippen LogP contribution in [0.2, 0.25) is 0 Å². The van der Waals surface area contributed by atoms with Crippen LogP contribution in [-0.2, 0) is 11.2 Å². The lowest BCUT2D eigenvalue weighted by Gasteiger charge is -2.34. The molecule has 1 N–H and O–H groups in total. The second kappa shape index (κ2) is 4.09. The van der Waals surface area contributed by atoms with Crippen LogP contribution in [0.25, 0.3) is 16.5 Å². The van der Waals surface area contributed by atoms with Crippen molar-refractivity contribution in [2.24, 2.45) is 5.41 Å². The number of aromatic amines is 1. The third-order valence-electron chi connectivity index (χ3n) is 5.77. The molecule has 108 valence electrons. The molecule has 0 bridgehead atoms. The second-order valence-corrected chi connectivity index (χ2v) is 6.72. The molecule has 21 heavy (non-hydrogen) atoms. The van der Waals surface area contributed by atoms with Crippen LogP contribution in [0.3, 0.4) is 0 Å². The summed E-state index contributed by atoms with van der Waals surface area (Å²) >= 11 is 0. The average molecular weight is 279 g/mol. The van der Waals surface area contributed by atoms with Gasteiger partial charge in [0.25, 0.3) is 0 Å². The van der Waals surface area contributed by atoms with E-state index in [-0.39, 0.29) is 5.41 Å². The first-order chi connectivity index (χ1) is 10.1. The van der Waals surface area contributed by atoms with Gasteiger partial charge in [-0.2, -0.15) is 0 Å². The zero-order valence-electron chi connectivity index (χ0n) is 13.0. The number of carbonyl (C=O) groups excluding carboxylic acids is 1. The molecular formula is C19H21NO. The average Bonchev–Trinajstić information content (AvgIpc) is 3.02. The number of nitrogens with one attached hydrogen (secondary N) is 1. The fraction of sp³-hybridized carbons (Fsp3) is 0.421.